The van der Waals surface area contributed by atoms with Gasteiger partial charge in [0.05, 0.1) is 12.8 Å². The second kappa shape index (κ2) is 9.64. The zero-order chi connectivity index (χ0) is 21.6. The van der Waals surface area contributed by atoms with Crippen molar-refractivity contribution in [3.05, 3.63) is 94.3 Å². The number of thiazole rings is 1. The fourth-order valence-corrected chi connectivity index (χ4v) is 3.75. The van der Waals surface area contributed by atoms with E-state index in [2.05, 4.69) is 10.3 Å². The van der Waals surface area contributed by atoms with E-state index in [9.17, 15) is 4.79 Å². The molecule has 0 saturated carbocycles. The van der Waals surface area contributed by atoms with Gasteiger partial charge in [-0.3, -0.25) is 10.1 Å². The van der Waals surface area contributed by atoms with Crippen molar-refractivity contribution < 1.29 is 14.3 Å². The third kappa shape index (κ3) is 5.23. The lowest BCUT2D eigenvalue weighted by atomic mass is 10.1. The first-order valence-corrected chi connectivity index (χ1v) is 10.8. The lowest BCUT2D eigenvalue weighted by Crippen LogP contribution is -2.11. The number of carbonyl (C=O) groups is 1. The molecule has 0 atom stereocenters. The molecule has 156 valence electrons. The number of para-hydroxylation sites is 2. The normalized spacial score (nSPS) is 10.5. The molecule has 0 bridgehead atoms. The zero-order valence-electron chi connectivity index (χ0n) is 16.7. The molecule has 1 aromatic heterocycles. The van der Waals surface area contributed by atoms with Gasteiger partial charge in [-0.25, -0.2) is 4.98 Å². The highest BCUT2D eigenvalue weighted by Gasteiger charge is 2.11. The first-order chi connectivity index (χ1) is 15.1. The van der Waals surface area contributed by atoms with Crippen LogP contribution in [0.1, 0.15) is 15.9 Å². The van der Waals surface area contributed by atoms with E-state index < -0.39 is 0 Å². The van der Waals surface area contributed by atoms with Crippen molar-refractivity contribution in [3.8, 4) is 22.8 Å². The lowest BCUT2D eigenvalue weighted by molar-refractivity contribution is 0.102. The van der Waals surface area contributed by atoms with Crippen molar-refractivity contribution in [3.63, 3.8) is 0 Å². The molecule has 0 radical (unpaired) electrons. The van der Waals surface area contributed by atoms with E-state index in [1.165, 1.54) is 11.3 Å². The van der Waals surface area contributed by atoms with Gasteiger partial charge in [-0.2, -0.15) is 0 Å². The third-order valence-electron chi connectivity index (χ3n) is 4.54. The first-order valence-electron chi connectivity index (χ1n) is 9.50. The van der Waals surface area contributed by atoms with Crippen molar-refractivity contribution in [2.24, 2.45) is 0 Å². The summed E-state index contributed by atoms with van der Waals surface area (Å²) in [4.78, 5) is 17.1. The van der Waals surface area contributed by atoms with E-state index in [1.807, 2.05) is 66.0 Å². The zero-order valence-corrected chi connectivity index (χ0v) is 18.2. The van der Waals surface area contributed by atoms with Crippen LogP contribution in [0.3, 0.4) is 0 Å². The van der Waals surface area contributed by atoms with Crippen LogP contribution < -0.4 is 14.8 Å². The van der Waals surface area contributed by atoms with Crippen molar-refractivity contribution in [2.45, 2.75) is 6.61 Å². The maximum atomic E-state index is 12.6. The Labute approximate surface area is 189 Å². The summed E-state index contributed by atoms with van der Waals surface area (Å²) in [5.41, 5.74) is 3.23. The van der Waals surface area contributed by atoms with E-state index in [0.717, 1.165) is 16.8 Å². The van der Waals surface area contributed by atoms with Gasteiger partial charge in [0.15, 0.2) is 16.6 Å². The fraction of sp³-hybridized carbons (Fsp3) is 0.0833. The molecular weight excluding hydrogens is 432 g/mol. The van der Waals surface area contributed by atoms with Gasteiger partial charge in [0.25, 0.3) is 5.91 Å². The van der Waals surface area contributed by atoms with Crippen LogP contribution in [0.5, 0.6) is 11.5 Å². The van der Waals surface area contributed by atoms with Crippen LogP contribution in [-0.2, 0) is 6.61 Å². The minimum Gasteiger partial charge on any atom is -0.493 e. The minimum atomic E-state index is -0.214. The summed E-state index contributed by atoms with van der Waals surface area (Å²) in [5, 5.41) is 5.96. The second-order valence-corrected chi connectivity index (χ2v) is 7.93. The van der Waals surface area contributed by atoms with Gasteiger partial charge in [-0.1, -0.05) is 48.0 Å². The molecule has 0 unspecified atom stereocenters. The molecule has 31 heavy (non-hydrogen) atoms. The molecule has 1 N–H and O–H groups in total. The highest BCUT2D eigenvalue weighted by molar-refractivity contribution is 7.14. The first kappa shape index (κ1) is 20.9. The number of halogens is 1. The van der Waals surface area contributed by atoms with Crippen LogP contribution in [0.4, 0.5) is 5.13 Å². The smallest absolute Gasteiger partial charge is 0.257 e. The molecule has 4 rings (SSSR count). The number of benzene rings is 3. The fourth-order valence-electron chi connectivity index (χ4n) is 2.91. The number of rotatable bonds is 7. The molecule has 1 heterocycles. The average molecular weight is 451 g/mol. The van der Waals surface area contributed by atoms with E-state index in [1.54, 1.807) is 19.2 Å². The van der Waals surface area contributed by atoms with Gasteiger partial charge in [0.1, 0.15) is 6.61 Å². The van der Waals surface area contributed by atoms with E-state index in [4.69, 9.17) is 21.1 Å². The Morgan fingerprint density at radius 1 is 1.00 bits per heavy atom. The summed E-state index contributed by atoms with van der Waals surface area (Å²) in [7, 11) is 1.61. The van der Waals surface area contributed by atoms with Gasteiger partial charge in [0.2, 0.25) is 0 Å². The Bertz CT molecular complexity index is 1170. The van der Waals surface area contributed by atoms with Gasteiger partial charge in [-0.15, -0.1) is 11.3 Å². The molecule has 0 aliphatic rings. The number of hydrogen-bond donors (Lipinski definition) is 1. The number of hydrogen-bond acceptors (Lipinski definition) is 5. The third-order valence-corrected chi connectivity index (χ3v) is 5.55. The SMILES string of the molecule is COc1ccccc1OCc1ccc(C(=O)Nc2nc(-c3ccc(Cl)cc3)cs2)cc1. The molecule has 1 amide bonds. The van der Waals surface area contributed by atoms with Crippen molar-refractivity contribution >= 4 is 34.0 Å². The molecular formula is C24H19ClN2O3S. The van der Waals surface area contributed by atoms with Crippen LogP contribution in [0, 0.1) is 0 Å². The number of nitrogens with zero attached hydrogens (tertiary/aromatic N) is 1. The van der Waals surface area contributed by atoms with E-state index in [-0.39, 0.29) is 5.91 Å². The molecule has 0 aliphatic carbocycles. The molecule has 7 heteroatoms. The molecule has 4 aromatic rings. The summed E-state index contributed by atoms with van der Waals surface area (Å²) >= 11 is 7.30. The maximum absolute atomic E-state index is 12.6. The number of aromatic nitrogens is 1. The number of nitrogens with one attached hydrogen (secondary N) is 1. The van der Waals surface area contributed by atoms with Crippen LogP contribution in [0.25, 0.3) is 11.3 Å². The van der Waals surface area contributed by atoms with Crippen LogP contribution in [0.15, 0.2) is 78.2 Å². The second-order valence-electron chi connectivity index (χ2n) is 6.64. The number of ether oxygens (including phenoxy) is 2. The Morgan fingerprint density at radius 2 is 1.71 bits per heavy atom. The van der Waals surface area contributed by atoms with Gasteiger partial charge in [-0.05, 0) is 42.0 Å². The standard InChI is InChI=1S/C24H19ClN2O3S/c1-29-21-4-2-3-5-22(21)30-14-16-6-8-18(9-7-16)23(28)27-24-26-20(15-31-24)17-10-12-19(25)13-11-17/h2-13,15H,14H2,1H3,(H,26,27,28). The highest BCUT2D eigenvalue weighted by Crippen LogP contribution is 2.27. The number of carbonyl (C=O) groups excluding carboxylic acids is 1. The molecule has 0 fully saturated rings. The molecule has 0 saturated heterocycles. The molecule has 3 aromatic carbocycles. The van der Waals surface area contributed by atoms with Crippen molar-refractivity contribution in [1.29, 1.82) is 0 Å². The summed E-state index contributed by atoms with van der Waals surface area (Å²) in [6, 6.07) is 22.2. The Hall–Kier alpha value is -3.35. The molecule has 5 nitrogen and oxygen atoms in total. The predicted molar refractivity (Wildman–Crippen MR) is 124 cm³/mol. The largest absolute Gasteiger partial charge is 0.493 e. The molecule has 0 aliphatic heterocycles. The van der Waals surface area contributed by atoms with Crippen molar-refractivity contribution in [2.75, 3.05) is 12.4 Å². The van der Waals surface area contributed by atoms with Gasteiger partial charge in [0, 0.05) is 21.5 Å². The highest BCUT2D eigenvalue weighted by atomic mass is 35.5. The van der Waals surface area contributed by atoms with Gasteiger partial charge < -0.3 is 9.47 Å². The summed E-state index contributed by atoms with van der Waals surface area (Å²) < 4.78 is 11.1. The number of anilines is 1. The van der Waals surface area contributed by atoms with Crippen LogP contribution >= 0.6 is 22.9 Å². The number of amides is 1. The maximum Gasteiger partial charge on any atom is 0.257 e. The van der Waals surface area contributed by atoms with E-state index in [0.29, 0.717) is 33.8 Å². The Morgan fingerprint density at radius 3 is 2.42 bits per heavy atom. The summed E-state index contributed by atoms with van der Waals surface area (Å²) in [6.07, 6.45) is 0. The quantitative estimate of drug-likeness (QED) is 0.358. The summed E-state index contributed by atoms with van der Waals surface area (Å²) in [5.74, 6) is 1.14. The topological polar surface area (TPSA) is 60.5 Å². The average Bonchev–Trinajstić information content (AvgIpc) is 3.27. The molecule has 0 spiro atoms. The predicted octanol–water partition coefficient (Wildman–Crippen LogP) is 6.30. The lowest BCUT2D eigenvalue weighted by Gasteiger charge is -2.10. The summed E-state index contributed by atoms with van der Waals surface area (Å²) in [6.45, 7) is 0.374. The number of methoxy groups -OCH3 is 1. The van der Waals surface area contributed by atoms with Crippen LogP contribution in [-0.4, -0.2) is 18.0 Å². The monoisotopic (exact) mass is 450 g/mol. The Kier molecular flexibility index (Phi) is 6.50. The van der Waals surface area contributed by atoms with Gasteiger partial charge >= 0.3 is 0 Å². The minimum absolute atomic E-state index is 0.214. The van der Waals surface area contributed by atoms with Crippen LogP contribution in [0.2, 0.25) is 5.02 Å². The Balaban J connectivity index is 1.37. The van der Waals surface area contributed by atoms with Crippen molar-refractivity contribution in [1.82, 2.24) is 4.98 Å². The van der Waals surface area contributed by atoms with E-state index >= 15 is 0 Å².